The molecule has 0 bridgehead atoms. The summed E-state index contributed by atoms with van der Waals surface area (Å²) >= 11 is 0. The summed E-state index contributed by atoms with van der Waals surface area (Å²) in [6.45, 7) is 1.85. The molecule has 3 N–H and O–H groups in total. The van der Waals surface area contributed by atoms with Crippen LogP contribution in [0.2, 0.25) is 0 Å². The molecule has 0 saturated heterocycles. The number of aliphatic hydroxyl groups is 1. The van der Waals surface area contributed by atoms with E-state index in [-0.39, 0.29) is 17.5 Å². The Balaban J connectivity index is 3.15. The number of hydrogen-bond acceptors (Lipinski definition) is 5. The quantitative estimate of drug-likeness (QED) is 0.768. The van der Waals surface area contributed by atoms with Gasteiger partial charge in [0.1, 0.15) is 0 Å². The first-order chi connectivity index (χ1) is 7.77. The lowest BCUT2D eigenvalue weighted by molar-refractivity contribution is 0.270. The third-order valence-electron chi connectivity index (χ3n) is 2.73. The van der Waals surface area contributed by atoms with Crippen molar-refractivity contribution >= 4 is 21.2 Å². The number of hydrogen-bond donors (Lipinski definition) is 2. The van der Waals surface area contributed by atoms with E-state index >= 15 is 0 Å². The Hall–Kier alpha value is -1.27. The number of anilines is 2. The standard InChI is InChI=1S/C11H18N2O3S/c1-8(7-14)13(2)11-5-4-9(6-10(11)12)17(3,15)16/h4-6,8,14H,7,12H2,1-3H3. The van der Waals surface area contributed by atoms with Gasteiger partial charge in [-0.1, -0.05) is 0 Å². The van der Waals surface area contributed by atoms with Gasteiger partial charge in [0.2, 0.25) is 0 Å². The van der Waals surface area contributed by atoms with E-state index in [0.29, 0.717) is 11.4 Å². The van der Waals surface area contributed by atoms with E-state index in [1.54, 1.807) is 18.0 Å². The Bertz CT molecular complexity index is 499. The normalized spacial score (nSPS) is 13.4. The van der Waals surface area contributed by atoms with E-state index < -0.39 is 9.84 Å². The van der Waals surface area contributed by atoms with Crippen LogP contribution in [0.3, 0.4) is 0 Å². The van der Waals surface area contributed by atoms with Crippen molar-refractivity contribution in [3.63, 3.8) is 0 Å². The van der Waals surface area contributed by atoms with Gasteiger partial charge in [-0.15, -0.1) is 0 Å². The first-order valence-corrected chi connectivity index (χ1v) is 7.09. The Labute approximate surface area is 102 Å². The summed E-state index contributed by atoms with van der Waals surface area (Å²) in [7, 11) is -1.44. The van der Waals surface area contributed by atoms with E-state index in [9.17, 15) is 8.42 Å². The molecular weight excluding hydrogens is 240 g/mol. The van der Waals surface area contributed by atoms with Gasteiger partial charge in [0.25, 0.3) is 0 Å². The molecule has 1 atom stereocenters. The van der Waals surface area contributed by atoms with Crippen molar-refractivity contribution in [2.24, 2.45) is 0 Å². The van der Waals surface area contributed by atoms with Crippen molar-refractivity contribution in [2.75, 3.05) is 30.5 Å². The maximum atomic E-state index is 11.3. The highest BCUT2D eigenvalue weighted by Gasteiger charge is 2.14. The molecule has 0 radical (unpaired) electrons. The molecule has 1 unspecified atom stereocenters. The molecule has 0 aliphatic heterocycles. The average Bonchev–Trinajstić information content (AvgIpc) is 2.25. The summed E-state index contributed by atoms with van der Waals surface area (Å²) in [6, 6.07) is 4.52. The molecule has 96 valence electrons. The Morgan fingerprint density at radius 2 is 2.06 bits per heavy atom. The van der Waals surface area contributed by atoms with Gasteiger partial charge in [-0.05, 0) is 25.1 Å². The maximum Gasteiger partial charge on any atom is 0.175 e. The molecular formula is C11H18N2O3S. The predicted octanol–water partition coefficient (Wildman–Crippen LogP) is 0.489. The zero-order chi connectivity index (χ0) is 13.2. The van der Waals surface area contributed by atoms with Crippen LogP contribution in [0.4, 0.5) is 11.4 Å². The van der Waals surface area contributed by atoms with Gasteiger partial charge >= 0.3 is 0 Å². The lowest BCUT2D eigenvalue weighted by atomic mass is 10.2. The molecule has 6 heteroatoms. The van der Waals surface area contributed by atoms with E-state index in [1.165, 1.54) is 12.1 Å². The van der Waals surface area contributed by atoms with Crippen LogP contribution in [-0.2, 0) is 9.84 Å². The summed E-state index contributed by atoms with van der Waals surface area (Å²) in [5.41, 5.74) is 6.92. The number of benzene rings is 1. The highest BCUT2D eigenvalue weighted by Crippen LogP contribution is 2.26. The van der Waals surface area contributed by atoms with Crippen LogP contribution in [0.1, 0.15) is 6.92 Å². The molecule has 0 spiro atoms. The van der Waals surface area contributed by atoms with Crippen molar-refractivity contribution in [1.82, 2.24) is 0 Å². The zero-order valence-electron chi connectivity index (χ0n) is 10.2. The van der Waals surface area contributed by atoms with Crippen LogP contribution in [0.5, 0.6) is 0 Å². The fourth-order valence-electron chi connectivity index (χ4n) is 1.44. The first-order valence-electron chi connectivity index (χ1n) is 5.20. The summed E-state index contributed by atoms with van der Waals surface area (Å²) in [5, 5.41) is 9.06. The minimum atomic E-state index is -3.24. The number of aliphatic hydroxyl groups excluding tert-OH is 1. The van der Waals surface area contributed by atoms with Gasteiger partial charge in [-0.25, -0.2) is 8.42 Å². The van der Waals surface area contributed by atoms with Gasteiger partial charge in [0.05, 0.1) is 22.9 Å². The molecule has 0 aliphatic carbocycles. The predicted molar refractivity (Wildman–Crippen MR) is 68.9 cm³/mol. The highest BCUT2D eigenvalue weighted by molar-refractivity contribution is 7.90. The molecule has 0 saturated carbocycles. The van der Waals surface area contributed by atoms with E-state index in [1.807, 2.05) is 6.92 Å². The second-order valence-corrected chi connectivity index (χ2v) is 6.15. The van der Waals surface area contributed by atoms with Crippen LogP contribution in [0, 0.1) is 0 Å². The van der Waals surface area contributed by atoms with Crippen LogP contribution >= 0.6 is 0 Å². The van der Waals surface area contributed by atoms with Crippen molar-refractivity contribution < 1.29 is 13.5 Å². The SMILES string of the molecule is CC(CO)N(C)c1ccc(S(C)(=O)=O)cc1N. The summed E-state index contributed by atoms with van der Waals surface area (Å²) < 4.78 is 22.7. The average molecular weight is 258 g/mol. The van der Waals surface area contributed by atoms with Crippen molar-refractivity contribution in [3.8, 4) is 0 Å². The molecule has 1 rings (SSSR count). The van der Waals surface area contributed by atoms with E-state index in [4.69, 9.17) is 10.8 Å². The minimum Gasteiger partial charge on any atom is -0.397 e. The first kappa shape index (κ1) is 13.8. The van der Waals surface area contributed by atoms with Gasteiger partial charge in [0.15, 0.2) is 9.84 Å². The number of nitrogen functional groups attached to an aromatic ring is 1. The van der Waals surface area contributed by atoms with Crippen molar-refractivity contribution in [2.45, 2.75) is 17.9 Å². The van der Waals surface area contributed by atoms with Crippen LogP contribution in [-0.4, -0.2) is 39.5 Å². The van der Waals surface area contributed by atoms with Gasteiger partial charge in [-0.2, -0.15) is 0 Å². The van der Waals surface area contributed by atoms with E-state index in [0.717, 1.165) is 6.26 Å². The molecule has 0 aliphatic rings. The second kappa shape index (κ2) is 4.93. The lowest BCUT2D eigenvalue weighted by Gasteiger charge is -2.26. The smallest absolute Gasteiger partial charge is 0.175 e. The molecule has 5 nitrogen and oxygen atoms in total. The third-order valence-corrected chi connectivity index (χ3v) is 3.84. The summed E-state index contributed by atoms with van der Waals surface area (Å²) in [4.78, 5) is 2.00. The van der Waals surface area contributed by atoms with Crippen molar-refractivity contribution in [3.05, 3.63) is 18.2 Å². The zero-order valence-corrected chi connectivity index (χ0v) is 11.0. The van der Waals surface area contributed by atoms with Gasteiger partial charge < -0.3 is 15.7 Å². The third kappa shape index (κ3) is 3.10. The maximum absolute atomic E-state index is 11.3. The molecule has 1 aromatic rings. The van der Waals surface area contributed by atoms with Crippen LogP contribution in [0.25, 0.3) is 0 Å². The van der Waals surface area contributed by atoms with E-state index in [2.05, 4.69) is 0 Å². The fourth-order valence-corrected chi connectivity index (χ4v) is 2.10. The number of nitrogens with zero attached hydrogens (tertiary/aromatic N) is 1. The summed E-state index contributed by atoms with van der Waals surface area (Å²) in [6.07, 6.45) is 1.14. The number of sulfone groups is 1. The van der Waals surface area contributed by atoms with Crippen LogP contribution < -0.4 is 10.6 Å². The summed E-state index contributed by atoms with van der Waals surface area (Å²) in [5.74, 6) is 0. The highest BCUT2D eigenvalue weighted by atomic mass is 32.2. The fraction of sp³-hybridized carbons (Fsp3) is 0.455. The Morgan fingerprint density at radius 3 is 2.47 bits per heavy atom. The lowest BCUT2D eigenvalue weighted by Crippen LogP contribution is -2.32. The largest absolute Gasteiger partial charge is 0.397 e. The topological polar surface area (TPSA) is 83.6 Å². The minimum absolute atomic E-state index is 0.00374. The van der Waals surface area contributed by atoms with Gasteiger partial charge in [0, 0.05) is 19.3 Å². The number of nitrogens with two attached hydrogens (primary N) is 1. The van der Waals surface area contributed by atoms with Gasteiger partial charge in [-0.3, -0.25) is 0 Å². The molecule has 17 heavy (non-hydrogen) atoms. The molecule has 0 heterocycles. The number of rotatable bonds is 4. The van der Waals surface area contributed by atoms with Crippen LogP contribution in [0.15, 0.2) is 23.1 Å². The van der Waals surface area contributed by atoms with Crippen molar-refractivity contribution in [1.29, 1.82) is 0 Å². The monoisotopic (exact) mass is 258 g/mol. The Morgan fingerprint density at radius 1 is 1.47 bits per heavy atom. The Kier molecular flexibility index (Phi) is 4.00. The number of likely N-dealkylation sites (N-methyl/N-ethyl adjacent to an activating group) is 1. The molecule has 0 fully saturated rings. The molecule has 0 aromatic heterocycles. The second-order valence-electron chi connectivity index (χ2n) is 4.14. The molecule has 1 aromatic carbocycles. The molecule has 0 amide bonds.